The van der Waals surface area contributed by atoms with Gasteiger partial charge in [0.1, 0.15) is 0 Å². The molecule has 0 aromatic heterocycles. The number of amides is 1. The maximum atomic E-state index is 15.6. The summed E-state index contributed by atoms with van der Waals surface area (Å²) in [6.07, 6.45) is -10.7. The quantitative estimate of drug-likeness (QED) is 0.337. The van der Waals surface area contributed by atoms with Crippen LogP contribution in [-0.4, -0.2) is 63.3 Å². The zero-order chi connectivity index (χ0) is 28.5. The minimum atomic E-state index is -6.87. The van der Waals surface area contributed by atoms with Crippen molar-refractivity contribution in [3.63, 3.8) is 0 Å². The standard InChI is InChI=1S/C24H32F7NO6S/c25-22(24(29,30)31,19(33)32-13-20-10-14-7-15(11-20)9-16(8-14)12-20)39(34,35)38-18(23(26,27)28)17-3-1-4-21(17)36-5-2-6-37-21/h14-18H,1-13H2,(H,32,33). The molecule has 0 aromatic carbocycles. The van der Waals surface area contributed by atoms with Crippen LogP contribution in [0.3, 0.4) is 0 Å². The topological polar surface area (TPSA) is 90.9 Å². The Labute approximate surface area is 221 Å². The fourth-order valence-electron chi connectivity index (χ4n) is 8.13. The second kappa shape index (κ2) is 9.69. The van der Waals surface area contributed by atoms with Gasteiger partial charge in [0.05, 0.1) is 13.2 Å². The lowest BCUT2D eigenvalue weighted by atomic mass is 9.49. The van der Waals surface area contributed by atoms with E-state index in [1.807, 2.05) is 5.32 Å². The molecule has 3 unspecified atom stereocenters. The van der Waals surface area contributed by atoms with Crippen molar-refractivity contribution in [2.45, 2.75) is 93.5 Å². The number of carbonyl (C=O) groups excluding carboxylic acids is 1. The van der Waals surface area contributed by atoms with Crippen LogP contribution >= 0.6 is 0 Å². The molecule has 4 bridgehead atoms. The monoisotopic (exact) mass is 595 g/mol. The Morgan fingerprint density at radius 2 is 1.46 bits per heavy atom. The summed E-state index contributed by atoms with van der Waals surface area (Å²) in [5.74, 6) is -5.44. The molecule has 1 saturated heterocycles. The molecule has 3 atom stereocenters. The van der Waals surface area contributed by atoms with Crippen LogP contribution in [0.4, 0.5) is 30.7 Å². The van der Waals surface area contributed by atoms with Gasteiger partial charge in [0.15, 0.2) is 11.9 Å². The average molecular weight is 596 g/mol. The van der Waals surface area contributed by atoms with Gasteiger partial charge in [0, 0.05) is 18.9 Å². The summed E-state index contributed by atoms with van der Waals surface area (Å²) in [4.78, 5) is 12.7. The molecular formula is C24H32F7NO6S. The molecule has 5 saturated carbocycles. The van der Waals surface area contributed by atoms with E-state index in [4.69, 9.17) is 9.47 Å². The predicted molar refractivity (Wildman–Crippen MR) is 120 cm³/mol. The number of carbonyl (C=O) groups is 1. The van der Waals surface area contributed by atoms with Crippen molar-refractivity contribution >= 4 is 16.0 Å². The third-order valence-electron chi connectivity index (χ3n) is 9.30. The van der Waals surface area contributed by atoms with Gasteiger partial charge in [-0.25, -0.2) is 4.39 Å². The summed E-state index contributed by atoms with van der Waals surface area (Å²) >= 11 is 0. The Bertz CT molecular complexity index is 1020. The van der Waals surface area contributed by atoms with E-state index in [0.717, 1.165) is 19.3 Å². The number of ether oxygens (including phenoxy) is 2. The number of alkyl halides is 7. The van der Waals surface area contributed by atoms with Crippen molar-refractivity contribution in [1.29, 1.82) is 0 Å². The third kappa shape index (κ3) is 5.07. The molecule has 7 nitrogen and oxygen atoms in total. The highest BCUT2D eigenvalue weighted by atomic mass is 32.2. The van der Waals surface area contributed by atoms with E-state index >= 15 is 4.39 Å². The molecule has 39 heavy (non-hydrogen) atoms. The molecule has 15 heteroatoms. The lowest BCUT2D eigenvalue weighted by molar-refractivity contribution is -0.317. The molecule has 1 spiro atoms. The molecule has 1 heterocycles. The molecule has 224 valence electrons. The van der Waals surface area contributed by atoms with Crippen molar-refractivity contribution in [3.05, 3.63) is 0 Å². The second-order valence-electron chi connectivity index (χ2n) is 12.1. The zero-order valence-corrected chi connectivity index (χ0v) is 21.9. The van der Waals surface area contributed by atoms with E-state index in [1.165, 1.54) is 0 Å². The molecule has 5 aliphatic carbocycles. The number of nitrogens with one attached hydrogen (secondary N) is 1. The van der Waals surface area contributed by atoms with Gasteiger partial charge in [-0.15, -0.1) is 0 Å². The number of rotatable bonds is 7. The Kier molecular flexibility index (Phi) is 7.28. The first-order valence-corrected chi connectivity index (χ1v) is 14.7. The van der Waals surface area contributed by atoms with E-state index in [2.05, 4.69) is 4.18 Å². The van der Waals surface area contributed by atoms with Crippen LogP contribution in [0.5, 0.6) is 0 Å². The Hall–Kier alpha value is -1.19. The van der Waals surface area contributed by atoms with Gasteiger partial charge in [-0.3, -0.25) is 8.98 Å². The lowest BCUT2D eigenvalue weighted by Gasteiger charge is -2.57. The van der Waals surface area contributed by atoms with E-state index < -0.39 is 63.1 Å². The smallest absolute Gasteiger partial charge is 0.351 e. The zero-order valence-electron chi connectivity index (χ0n) is 21.1. The van der Waals surface area contributed by atoms with Crippen LogP contribution in [0.1, 0.15) is 64.2 Å². The molecule has 1 aliphatic heterocycles. The molecule has 6 fully saturated rings. The maximum Gasteiger partial charge on any atom is 0.449 e. The summed E-state index contributed by atoms with van der Waals surface area (Å²) in [7, 11) is -6.87. The molecule has 1 N–H and O–H groups in total. The Morgan fingerprint density at radius 3 is 1.95 bits per heavy atom. The van der Waals surface area contributed by atoms with Crippen molar-refractivity contribution in [2.24, 2.45) is 29.1 Å². The lowest BCUT2D eigenvalue weighted by Crippen LogP contribution is -2.63. The number of hydrogen-bond acceptors (Lipinski definition) is 6. The SMILES string of the molecule is O=C(NCC12CC3CC(CC(C3)C1)C2)C(F)(C(F)(F)F)S(=O)(=O)OC(C1CCCC12OCCCO2)C(F)(F)F. The Balaban J connectivity index is 1.39. The maximum absolute atomic E-state index is 15.6. The van der Waals surface area contributed by atoms with Gasteiger partial charge in [-0.1, -0.05) is 0 Å². The van der Waals surface area contributed by atoms with Crippen LogP contribution in [0.25, 0.3) is 0 Å². The van der Waals surface area contributed by atoms with Gasteiger partial charge >= 0.3 is 27.5 Å². The summed E-state index contributed by atoms with van der Waals surface area (Å²) in [5, 5.41) is -3.95. The van der Waals surface area contributed by atoms with Gasteiger partial charge in [0.25, 0.3) is 5.91 Å². The van der Waals surface area contributed by atoms with Crippen LogP contribution in [0, 0.1) is 29.1 Å². The van der Waals surface area contributed by atoms with E-state index in [1.54, 1.807) is 0 Å². The van der Waals surface area contributed by atoms with Gasteiger partial charge in [0.2, 0.25) is 0 Å². The fraction of sp³-hybridized carbons (Fsp3) is 0.958. The van der Waals surface area contributed by atoms with Crippen molar-refractivity contribution in [2.75, 3.05) is 19.8 Å². The molecule has 0 aromatic rings. The first-order chi connectivity index (χ1) is 18.0. The number of halogens is 7. The minimum absolute atomic E-state index is 0.0177. The minimum Gasteiger partial charge on any atom is -0.351 e. The predicted octanol–water partition coefficient (Wildman–Crippen LogP) is 4.76. The number of hydrogen-bond donors (Lipinski definition) is 1. The van der Waals surface area contributed by atoms with Crippen LogP contribution in [-0.2, 0) is 28.6 Å². The molecular weight excluding hydrogens is 563 g/mol. The van der Waals surface area contributed by atoms with Gasteiger partial charge in [-0.2, -0.15) is 34.8 Å². The van der Waals surface area contributed by atoms with Crippen LogP contribution in [0.2, 0.25) is 0 Å². The summed E-state index contributed by atoms with van der Waals surface area (Å²) < 4.78 is 140. The highest BCUT2D eigenvalue weighted by Gasteiger charge is 2.74. The highest BCUT2D eigenvalue weighted by molar-refractivity contribution is 7.89. The largest absolute Gasteiger partial charge is 0.449 e. The first-order valence-electron chi connectivity index (χ1n) is 13.3. The average Bonchev–Trinajstić information content (AvgIpc) is 3.20. The summed E-state index contributed by atoms with van der Waals surface area (Å²) in [5.41, 5.74) is -0.595. The first kappa shape index (κ1) is 29.3. The van der Waals surface area contributed by atoms with E-state index in [-0.39, 0.29) is 32.5 Å². The van der Waals surface area contributed by atoms with Crippen molar-refractivity contribution in [1.82, 2.24) is 5.32 Å². The summed E-state index contributed by atoms with van der Waals surface area (Å²) in [6, 6.07) is 0. The van der Waals surface area contributed by atoms with Crippen LogP contribution in [0.15, 0.2) is 0 Å². The summed E-state index contributed by atoms with van der Waals surface area (Å²) in [6.45, 7) is -0.435. The molecule has 6 aliphatic rings. The molecule has 0 radical (unpaired) electrons. The molecule has 1 amide bonds. The van der Waals surface area contributed by atoms with E-state index in [0.29, 0.717) is 43.4 Å². The van der Waals surface area contributed by atoms with Gasteiger partial charge < -0.3 is 14.8 Å². The van der Waals surface area contributed by atoms with Crippen molar-refractivity contribution in [3.8, 4) is 0 Å². The highest BCUT2D eigenvalue weighted by Crippen LogP contribution is 2.60. The second-order valence-corrected chi connectivity index (χ2v) is 13.7. The Morgan fingerprint density at radius 1 is 0.923 bits per heavy atom. The van der Waals surface area contributed by atoms with Gasteiger partial charge in [-0.05, 0) is 81.0 Å². The van der Waals surface area contributed by atoms with E-state index in [9.17, 15) is 39.6 Å². The normalized spacial score (nSPS) is 36.6. The van der Waals surface area contributed by atoms with Crippen LogP contribution < -0.4 is 5.32 Å². The molecule has 6 rings (SSSR count). The third-order valence-corrected chi connectivity index (χ3v) is 10.9. The van der Waals surface area contributed by atoms with Crippen molar-refractivity contribution < 1.29 is 57.6 Å². The fourth-order valence-corrected chi connectivity index (χ4v) is 9.36.